The molecule has 0 aliphatic heterocycles. The van der Waals surface area contributed by atoms with Gasteiger partial charge in [0.1, 0.15) is 0 Å². The van der Waals surface area contributed by atoms with Crippen molar-refractivity contribution < 1.29 is 35.9 Å². The number of nitrogen functional groups attached to an aromatic ring is 1. The number of aromatic nitrogens is 2. The van der Waals surface area contributed by atoms with E-state index in [0.717, 1.165) is 71.1 Å². The van der Waals surface area contributed by atoms with Crippen LogP contribution in [0.4, 0.5) is 21.0 Å². The molecule has 2 fully saturated rings. The number of aliphatic imine (C=N–C) groups is 1. The number of carbonyl (C=O) groups excluding carboxylic acids is 2. The van der Waals surface area contributed by atoms with E-state index < -0.39 is 20.0 Å². The highest BCUT2D eigenvalue weighted by atomic mass is 32.2. The second kappa shape index (κ2) is 25.7. The quantitative estimate of drug-likeness (QED) is 0.0208. The molecule has 2 aliphatic rings. The summed E-state index contributed by atoms with van der Waals surface area (Å²) in [6.45, 7) is 11.3. The van der Waals surface area contributed by atoms with Crippen LogP contribution in [0.2, 0.25) is 0 Å². The average molecular weight is 1020 g/mol. The van der Waals surface area contributed by atoms with Crippen molar-refractivity contribution in [2.45, 2.75) is 139 Å². The molecule has 0 atom stereocenters. The molecular formula is C44H64N12O8S4. The molecule has 0 radical (unpaired) electrons. The lowest BCUT2D eigenvalue weighted by molar-refractivity contribution is 0.108. The number of benzene rings is 2. The lowest BCUT2D eigenvalue weighted by atomic mass is 9.86. The summed E-state index contributed by atoms with van der Waals surface area (Å²) in [4.78, 5) is 38.7. The molecule has 24 heteroatoms. The third-order valence-corrected chi connectivity index (χ3v) is 16.1. The van der Waals surface area contributed by atoms with Crippen molar-refractivity contribution >= 4 is 72.2 Å². The van der Waals surface area contributed by atoms with Gasteiger partial charge in [0.15, 0.2) is 12.2 Å². The minimum Gasteiger partial charge on any atom is -0.447 e. The maximum absolute atomic E-state index is 12.9. The fourth-order valence-electron chi connectivity index (χ4n) is 7.66. The summed E-state index contributed by atoms with van der Waals surface area (Å²) in [5.41, 5.74) is 22.8. The fraction of sp³-hybridized carbons (Fsp3) is 0.500. The molecule has 0 bridgehead atoms. The SMILES string of the molecule is CCNS(=O)(=O)c1cc(N)ccc1-c1cnc(C2CCC(NC(=O)OC(C)C)CC2)s1.CCNS(=O)(=O)c1cc(N=C(N)N)ccc1-c1cnc(C2CCC(NC(=O)OC(C)C)CC2)s1.N#CN. The summed E-state index contributed by atoms with van der Waals surface area (Å²) in [6, 6.07) is 9.94. The Morgan fingerprint density at radius 1 is 0.735 bits per heavy atom. The van der Waals surface area contributed by atoms with E-state index in [4.69, 9.17) is 31.9 Å². The number of guanidine groups is 1. The first-order valence-electron chi connectivity index (χ1n) is 22.3. The van der Waals surface area contributed by atoms with Gasteiger partial charge in [-0.15, -0.1) is 22.7 Å². The van der Waals surface area contributed by atoms with E-state index >= 15 is 0 Å². The lowest BCUT2D eigenvalue weighted by Gasteiger charge is -2.28. The van der Waals surface area contributed by atoms with E-state index in [2.05, 4.69) is 40.8 Å². The van der Waals surface area contributed by atoms with Crippen molar-refractivity contribution in [2.24, 2.45) is 22.2 Å². The predicted molar refractivity (Wildman–Crippen MR) is 266 cm³/mol. The first-order valence-corrected chi connectivity index (χ1v) is 26.9. The number of anilines is 1. The van der Waals surface area contributed by atoms with Gasteiger partial charge in [-0.25, -0.2) is 50.8 Å². The van der Waals surface area contributed by atoms with Gasteiger partial charge in [0, 0.05) is 66.2 Å². The standard InChI is InChI=1S/C22H32N6O4S2.C21H30N4O4S2.CH2N2/c1-4-26-34(30,31)19-11-16(27-21(23)24)9-10-17(19)18-12-25-20(33-18)14-5-7-15(8-6-14)28-22(29)32-13(2)3;1-4-24-31(27,28)19-11-15(22)7-10-17(19)18-12-23-20(30-18)14-5-8-16(9-6-14)25-21(26)29-13(2)3;2-1-3/h9-15,26H,4-8H2,1-3H3,(H,28,29)(H4,23,24,27);7,10-14,16,24H,4-6,8-9,22H2,1-3H3,(H,25,26);2H2. The van der Waals surface area contributed by atoms with Gasteiger partial charge in [0.25, 0.3) is 0 Å². The molecular weight excluding hydrogens is 953 g/mol. The summed E-state index contributed by atoms with van der Waals surface area (Å²) in [7, 11) is -7.42. The topological polar surface area (TPSA) is 335 Å². The number of carbonyl (C=O) groups is 2. The number of nitrogens with zero attached hydrogens (tertiary/aromatic N) is 4. The maximum atomic E-state index is 12.9. The number of nitrogens with one attached hydrogen (secondary N) is 4. The van der Waals surface area contributed by atoms with E-state index in [1.165, 1.54) is 41.0 Å². The molecule has 2 heterocycles. The van der Waals surface area contributed by atoms with Crippen LogP contribution < -0.4 is 43.0 Å². The normalized spacial score (nSPS) is 18.2. The second-order valence-corrected chi connectivity index (χ2v) is 22.1. The van der Waals surface area contributed by atoms with Crippen molar-refractivity contribution in [3.8, 4) is 27.1 Å². The van der Waals surface area contributed by atoms with Crippen molar-refractivity contribution in [2.75, 3.05) is 18.8 Å². The third-order valence-electron chi connectivity index (χ3n) is 10.5. The highest BCUT2D eigenvalue weighted by Gasteiger charge is 2.29. The van der Waals surface area contributed by atoms with E-state index in [-0.39, 0.29) is 64.7 Å². The van der Waals surface area contributed by atoms with Crippen molar-refractivity contribution in [1.82, 2.24) is 30.0 Å². The summed E-state index contributed by atoms with van der Waals surface area (Å²) in [5, 5.41) is 14.9. The molecule has 6 rings (SSSR count). The van der Waals surface area contributed by atoms with Gasteiger partial charge in [-0.3, -0.25) is 0 Å². The molecule has 2 aromatic heterocycles. The molecule has 4 aromatic rings. The van der Waals surface area contributed by atoms with E-state index in [1.54, 1.807) is 50.5 Å². The zero-order chi connectivity index (χ0) is 50.2. The Labute approximate surface area is 407 Å². The molecule has 0 saturated heterocycles. The monoisotopic (exact) mass is 1020 g/mol. The van der Waals surface area contributed by atoms with Crippen LogP contribution in [0.15, 0.2) is 63.6 Å². The maximum Gasteiger partial charge on any atom is 0.407 e. The number of nitriles is 1. The van der Waals surface area contributed by atoms with E-state index in [1.807, 2.05) is 27.7 Å². The Morgan fingerprint density at radius 3 is 1.51 bits per heavy atom. The van der Waals surface area contributed by atoms with Gasteiger partial charge >= 0.3 is 12.2 Å². The molecule has 12 N–H and O–H groups in total. The van der Waals surface area contributed by atoms with Crippen LogP contribution in [0.25, 0.3) is 20.9 Å². The minimum absolute atomic E-state index is 0.0851. The Kier molecular flexibility index (Phi) is 20.8. The number of rotatable bonds is 15. The first kappa shape index (κ1) is 55.0. The Hall–Kier alpha value is -5.58. The van der Waals surface area contributed by atoms with Gasteiger partial charge in [-0.1, -0.05) is 19.9 Å². The average Bonchev–Trinajstić information content (AvgIpc) is 3.96. The summed E-state index contributed by atoms with van der Waals surface area (Å²) in [5.74, 6) is 0.398. The number of hydrogen-bond acceptors (Lipinski definition) is 16. The second-order valence-electron chi connectivity index (χ2n) is 16.5. The molecule has 2 aliphatic carbocycles. The van der Waals surface area contributed by atoms with Gasteiger partial charge < -0.3 is 43.0 Å². The summed E-state index contributed by atoms with van der Waals surface area (Å²) in [6.07, 6.45) is 10.6. The zero-order valence-corrected chi connectivity index (χ0v) is 42.4. The van der Waals surface area contributed by atoms with Crippen LogP contribution in [0.3, 0.4) is 0 Å². The van der Waals surface area contributed by atoms with Gasteiger partial charge in [0.05, 0.1) is 47.5 Å². The molecule has 68 heavy (non-hydrogen) atoms. The number of alkyl carbamates (subject to hydrolysis) is 2. The third kappa shape index (κ3) is 16.3. The van der Waals surface area contributed by atoms with Crippen LogP contribution in [-0.4, -0.2) is 82.3 Å². The number of nitrogens with two attached hydrogens (primary N) is 4. The fourth-order valence-corrected chi connectivity index (χ4v) is 12.6. The summed E-state index contributed by atoms with van der Waals surface area (Å²) >= 11 is 3.00. The Balaban J connectivity index is 0.000000281. The highest BCUT2D eigenvalue weighted by molar-refractivity contribution is 7.90. The van der Waals surface area contributed by atoms with Crippen LogP contribution in [0.5, 0.6) is 0 Å². The van der Waals surface area contributed by atoms with E-state index in [0.29, 0.717) is 35.0 Å². The lowest BCUT2D eigenvalue weighted by Crippen LogP contribution is -2.38. The molecule has 2 saturated carbocycles. The van der Waals surface area contributed by atoms with Crippen molar-refractivity contribution in [1.29, 1.82) is 5.26 Å². The zero-order valence-electron chi connectivity index (χ0n) is 39.2. The Morgan fingerprint density at radius 2 is 1.13 bits per heavy atom. The molecule has 0 unspecified atom stereocenters. The van der Waals surface area contributed by atoms with E-state index in [9.17, 15) is 26.4 Å². The molecule has 372 valence electrons. The minimum atomic E-state index is -3.76. The molecule has 2 aromatic carbocycles. The predicted octanol–water partition coefficient (Wildman–Crippen LogP) is 6.45. The Bertz CT molecular complexity index is 2590. The highest BCUT2D eigenvalue weighted by Crippen LogP contribution is 2.41. The number of sulfonamides is 2. The van der Waals surface area contributed by atoms with Crippen LogP contribution >= 0.6 is 22.7 Å². The van der Waals surface area contributed by atoms with Gasteiger partial charge in [-0.2, -0.15) is 5.26 Å². The van der Waals surface area contributed by atoms with Gasteiger partial charge in [-0.05, 0) is 109 Å². The number of ether oxygens (including phenoxy) is 2. The van der Waals surface area contributed by atoms with Crippen LogP contribution in [0.1, 0.15) is 115 Å². The largest absolute Gasteiger partial charge is 0.447 e. The smallest absolute Gasteiger partial charge is 0.407 e. The van der Waals surface area contributed by atoms with Gasteiger partial charge in [0.2, 0.25) is 20.0 Å². The van der Waals surface area contributed by atoms with Crippen LogP contribution in [0, 0.1) is 11.5 Å². The molecule has 0 spiro atoms. The van der Waals surface area contributed by atoms with Crippen molar-refractivity contribution in [3.05, 3.63) is 58.8 Å². The number of amides is 2. The molecule has 2 amide bonds. The number of thiazole rings is 2. The summed E-state index contributed by atoms with van der Waals surface area (Å²) < 4.78 is 66.5. The first-order chi connectivity index (χ1) is 32.2. The molecule has 20 nitrogen and oxygen atoms in total. The number of hydrogen-bond donors (Lipinski definition) is 8. The van der Waals surface area contributed by atoms with Crippen molar-refractivity contribution in [3.63, 3.8) is 0 Å². The van der Waals surface area contributed by atoms with Crippen LogP contribution in [-0.2, 0) is 29.5 Å².